The highest BCUT2D eigenvalue weighted by atomic mass is 16.3. The number of benzene rings is 1. The van der Waals surface area contributed by atoms with Crippen LogP contribution in [0.5, 0.6) is 5.75 Å². The van der Waals surface area contributed by atoms with Gasteiger partial charge < -0.3 is 10.4 Å². The lowest BCUT2D eigenvalue weighted by atomic mass is 10.1. The van der Waals surface area contributed by atoms with Gasteiger partial charge in [0.05, 0.1) is 5.56 Å². The van der Waals surface area contributed by atoms with Crippen molar-refractivity contribution >= 4 is 11.7 Å². The molecule has 0 heterocycles. The average molecular weight is 247 g/mol. The Morgan fingerprint density at radius 1 is 1.28 bits per heavy atom. The molecule has 96 valence electrons. The molecular formula is C14H17NO3. The maximum atomic E-state index is 11.7. The van der Waals surface area contributed by atoms with Crippen LogP contribution in [-0.2, 0) is 4.79 Å². The number of aromatic hydroxyl groups is 1. The van der Waals surface area contributed by atoms with Gasteiger partial charge in [0.1, 0.15) is 11.5 Å². The molecule has 4 heteroatoms. The minimum absolute atomic E-state index is 0.0423. The monoisotopic (exact) mass is 247 g/mol. The second kappa shape index (κ2) is 5.67. The standard InChI is InChI=1S/C14H17NO3/c16-11(9-10-5-6-10)7-8-15-14(18)12-3-1-2-4-13(12)17/h1-4,10,17H,5-9H2,(H,15,18). The number of nitrogens with one attached hydrogen (secondary N) is 1. The first kappa shape index (κ1) is 12.6. The zero-order valence-electron chi connectivity index (χ0n) is 10.2. The molecule has 1 fully saturated rings. The number of hydrogen-bond donors (Lipinski definition) is 2. The van der Waals surface area contributed by atoms with Crippen molar-refractivity contribution in [2.45, 2.75) is 25.7 Å². The molecule has 0 aromatic heterocycles. The predicted octanol–water partition coefficient (Wildman–Crippen LogP) is 1.88. The lowest BCUT2D eigenvalue weighted by molar-refractivity contribution is -0.119. The Hall–Kier alpha value is -1.84. The fourth-order valence-corrected chi connectivity index (χ4v) is 1.82. The highest BCUT2D eigenvalue weighted by Crippen LogP contribution is 2.32. The van der Waals surface area contributed by atoms with Gasteiger partial charge in [0.2, 0.25) is 0 Å². The molecule has 0 saturated heterocycles. The minimum atomic E-state index is -0.340. The van der Waals surface area contributed by atoms with Crippen LogP contribution in [-0.4, -0.2) is 23.3 Å². The average Bonchev–Trinajstić information content (AvgIpc) is 3.13. The Kier molecular flexibility index (Phi) is 3.97. The highest BCUT2D eigenvalue weighted by Gasteiger charge is 2.23. The second-order valence-electron chi connectivity index (χ2n) is 4.71. The van der Waals surface area contributed by atoms with Crippen molar-refractivity contribution in [3.8, 4) is 5.75 Å². The summed E-state index contributed by atoms with van der Waals surface area (Å²) in [7, 11) is 0. The minimum Gasteiger partial charge on any atom is -0.507 e. The van der Waals surface area contributed by atoms with Crippen LogP contribution in [0.4, 0.5) is 0 Å². The fraction of sp³-hybridized carbons (Fsp3) is 0.429. The highest BCUT2D eigenvalue weighted by molar-refractivity contribution is 5.96. The Balaban J connectivity index is 1.74. The molecule has 0 radical (unpaired) electrons. The fourth-order valence-electron chi connectivity index (χ4n) is 1.82. The van der Waals surface area contributed by atoms with E-state index in [4.69, 9.17) is 0 Å². The Morgan fingerprint density at radius 3 is 2.67 bits per heavy atom. The van der Waals surface area contributed by atoms with Crippen LogP contribution < -0.4 is 5.32 Å². The van der Waals surface area contributed by atoms with Crippen LogP contribution in [0.3, 0.4) is 0 Å². The smallest absolute Gasteiger partial charge is 0.255 e. The van der Waals surface area contributed by atoms with E-state index in [-0.39, 0.29) is 23.0 Å². The van der Waals surface area contributed by atoms with Crippen LogP contribution in [0.2, 0.25) is 0 Å². The Bertz CT molecular complexity index is 452. The van der Waals surface area contributed by atoms with E-state index in [1.54, 1.807) is 18.2 Å². The molecule has 0 bridgehead atoms. The van der Waals surface area contributed by atoms with Crippen molar-refractivity contribution in [2.75, 3.05) is 6.54 Å². The van der Waals surface area contributed by atoms with Crippen molar-refractivity contribution in [3.05, 3.63) is 29.8 Å². The summed E-state index contributed by atoms with van der Waals surface area (Å²) in [6.07, 6.45) is 3.34. The molecule has 0 spiro atoms. The quantitative estimate of drug-likeness (QED) is 0.806. The number of carbonyl (C=O) groups excluding carboxylic acids is 2. The van der Waals surface area contributed by atoms with Crippen molar-refractivity contribution in [2.24, 2.45) is 5.92 Å². The van der Waals surface area contributed by atoms with Crippen molar-refractivity contribution in [3.63, 3.8) is 0 Å². The van der Waals surface area contributed by atoms with E-state index in [1.807, 2.05) is 0 Å². The van der Waals surface area contributed by atoms with E-state index in [1.165, 1.54) is 6.07 Å². The van der Waals surface area contributed by atoms with Gasteiger partial charge in [-0.3, -0.25) is 9.59 Å². The number of hydrogen-bond acceptors (Lipinski definition) is 3. The van der Waals surface area contributed by atoms with Crippen molar-refractivity contribution in [1.29, 1.82) is 0 Å². The van der Waals surface area contributed by atoms with Gasteiger partial charge in [0.15, 0.2) is 0 Å². The topological polar surface area (TPSA) is 66.4 Å². The number of carbonyl (C=O) groups is 2. The van der Waals surface area contributed by atoms with Crippen LogP contribution in [0, 0.1) is 5.92 Å². The molecule has 1 aromatic rings. The summed E-state index contributed by atoms with van der Waals surface area (Å²) in [5.41, 5.74) is 0.243. The lowest BCUT2D eigenvalue weighted by Gasteiger charge is -2.06. The zero-order chi connectivity index (χ0) is 13.0. The first-order valence-electron chi connectivity index (χ1n) is 6.24. The number of phenolic OH excluding ortho intramolecular Hbond substituents is 1. The summed E-state index contributed by atoms with van der Waals surface area (Å²) in [6, 6.07) is 6.36. The van der Waals surface area contributed by atoms with Gasteiger partial charge in [-0.05, 0) is 30.9 Å². The molecule has 0 aliphatic heterocycles. The van der Waals surface area contributed by atoms with Crippen LogP contribution >= 0.6 is 0 Å². The zero-order valence-corrected chi connectivity index (χ0v) is 10.2. The summed E-state index contributed by atoms with van der Waals surface area (Å²) in [5, 5.41) is 12.1. The molecule has 1 aromatic carbocycles. The summed E-state index contributed by atoms with van der Waals surface area (Å²) >= 11 is 0. The van der Waals surface area contributed by atoms with Gasteiger partial charge in [-0.25, -0.2) is 0 Å². The van der Waals surface area contributed by atoms with Crippen LogP contribution in [0.1, 0.15) is 36.0 Å². The number of para-hydroxylation sites is 1. The normalized spacial score (nSPS) is 14.2. The largest absolute Gasteiger partial charge is 0.507 e. The van der Waals surface area contributed by atoms with E-state index < -0.39 is 0 Å². The molecule has 2 rings (SSSR count). The molecule has 1 amide bonds. The molecule has 1 aliphatic rings. The molecule has 0 unspecified atom stereocenters. The molecule has 2 N–H and O–H groups in total. The van der Waals surface area contributed by atoms with Gasteiger partial charge in [0.25, 0.3) is 5.91 Å². The molecule has 18 heavy (non-hydrogen) atoms. The van der Waals surface area contributed by atoms with Gasteiger partial charge in [-0.15, -0.1) is 0 Å². The predicted molar refractivity (Wildman–Crippen MR) is 67.4 cm³/mol. The van der Waals surface area contributed by atoms with E-state index in [9.17, 15) is 14.7 Å². The lowest BCUT2D eigenvalue weighted by Crippen LogP contribution is -2.26. The van der Waals surface area contributed by atoms with E-state index in [0.29, 0.717) is 25.3 Å². The maximum absolute atomic E-state index is 11.7. The van der Waals surface area contributed by atoms with Crippen molar-refractivity contribution in [1.82, 2.24) is 5.32 Å². The van der Waals surface area contributed by atoms with Gasteiger partial charge in [0, 0.05) is 19.4 Å². The Labute approximate surface area is 106 Å². The van der Waals surface area contributed by atoms with E-state index >= 15 is 0 Å². The Morgan fingerprint density at radius 2 is 2.00 bits per heavy atom. The third-order valence-electron chi connectivity index (χ3n) is 3.05. The molecule has 0 atom stereocenters. The summed E-state index contributed by atoms with van der Waals surface area (Å²) < 4.78 is 0. The third-order valence-corrected chi connectivity index (χ3v) is 3.05. The number of rotatable bonds is 6. The molecular weight excluding hydrogens is 230 g/mol. The van der Waals surface area contributed by atoms with Crippen LogP contribution in [0.25, 0.3) is 0 Å². The van der Waals surface area contributed by atoms with E-state index in [0.717, 1.165) is 12.8 Å². The van der Waals surface area contributed by atoms with E-state index in [2.05, 4.69) is 5.32 Å². The second-order valence-corrected chi connectivity index (χ2v) is 4.71. The molecule has 1 saturated carbocycles. The summed E-state index contributed by atoms with van der Waals surface area (Å²) in [5.74, 6) is 0.410. The number of Topliss-reactive ketones (excluding diaryl/α,β-unsaturated/α-hetero) is 1. The van der Waals surface area contributed by atoms with Crippen LogP contribution in [0.15, 0.2) is 24.3 Å². The number of ketones is 1. The van der Waals surface area contributed by atoms with Gasteiger partial charge in [-0.1, -0.05) is 12.1 Å². The summed E-state index contributed by atoms with van der Waals surface area (Å²) in [6.45, 7) is 0.332. The molecule has 4 nitrogen and oxygen atoms in total. The van der Waals surface area contributed by atoms with Gasteiger partial charge >= 0.3 is 0 Å². The first-order chi connectivity index (χ1) is 8.66. The third kappa shape index (κ3) is 3.58. The summed E-state index contributed by atoms with van der Waals surface area (Å²) in [4.78, 5) is 23.2. The number of amides is 1. The van der Waals surface area contributed by atoms with Gasteiger partial charge in [-0.2, -0.15) is 0 Å². The maximum Gasteiger partial charge on any atom is 0.255 e. The first-order valence-corrected chi connectivity index (χ1v) is 6.24. The SMILES string of the molecule is O=C(CCNC(=O)c1ccccc1O)CC1CC1. The number of phenols is 1. The van der Waals surface area contributed by atoms with Crippen molar-refractivity contribution < 1.29 is 14.7 Å². The molecule has 1 aliphatic carbocycles.